The first kappa shape index (κ1) is 14.4. The number of carbonyl (C=O) groups excluding carboxylic acids is 1. The minimum absolute atomic E-state index is 0.0949. The molecular formula is C22H18F2N4O3S. The highest BCUT2D eigenvalue weighted by molar-refractivity contribution is 7.92. The van der Waals surface area contributed by atoms with Gasteiger partial charge in [0.15, 0.2) is 5.82 Å². The summed E-state index contributed by atoms with van der Waals surface area (Å²) >= 11 is 0. The SMILES string of the molecule is [2H]c1nc2[nH]c([2H])c(C(=O)c3c(F)c([2H])c([2H])c(NS(=O)(=O)C([2H])([2H])CC)c3F)c2c([2H])c1-c1cccnc1. The quantitative estimate of drug-likeness (QED) is 0.398. The molecule has 0 spiro atoms. The molecule has 0 fully saturated rings. The number of H-pyrrole nitrogens is 1. The number of rotatable bonds is 7. The Hall–Kier alpha value is -3.66. The molecule has 0 aliphatic heterocycles. The van der Waals surface area contributed by atoms with E-state index >= 15 is 8.78 Å². The van der Waals surface area contributed by atoms with Crippen molar-refractivity contribution in [3.63, 3.8) is 0 Å². The Morgan fingerprint density at radius 2 is 2.12 bits per heavy atom. The molecule has 0 bridgehead atoms. The molecule has 0 aliphatic rings. The van der Waals surface area contributed by atoms with E-state index in [2.05, 4.69) is 15.0 Å². The Kier molecular flexibility index (Phi) is 3.81. The molecule has 0 unspecified atom stereocenters. The van der Waals surface area contributed by atoms with E-state index < -0.39 is 86.9 Å². The van der Waals surface area contributed by atoms with Gasteiger partial charge in [-0.05, 0) is 30.6 Å². The molecule has 4 aromatic rings. The summed E-state index contributed by atoms with van der Waals surface area (Å²) in [4.78, 5) is 23.8. The molecule has 4 rings (SSSR count). The fourth-order valence-corrected chi connectivity index (χ4v) is 3.73. The lowest BCUT2D eigenvalue weighted by atomic mass is 10.00. The second-order valence-electron chi connectivity index (χ2n) is 6.37. The van der Waals surface area contributed by atoms with Crippen molar-refractivity contribution in [1.82, 2.24) is 15.0 Å². The number of fused-ring (bicyclic) bond motifs is 1. The van der Waals surface area contributed by atoms with Gasteiger partial charge in [-0.25, -0.2) is 22.2 Å². The first-order chi connectivity index (χ1) is 18.1. The minimum Gasteiger partial charge on any atom is -0.345 e. The van der Waals surface area contributed by atoms with Crippen molar-refractivity contribution in [1.29, 1.82) is 0 Å². The third kappa shape index (κ3) is 4.09. The summed E-state index contributed by atoms with van der Waals surface area (Å²) in [5, 5.41) is -0.371. The van der Waals surface area contributed by atoms with Crippen molar-refractivity contribution in [3.05, 3.63) is 77.8 Å². The number of halogens is 2. The normalized spacial score (nSPS) is 15.2. The standard InChI is InChI=1S/C22H18F2N4O3S/c1-2-8-32(30,31)28-18-6-5-17(23)19(20(18)24)21(29)16-12-27-22-15(16)9-14(11-26-22)13-4-3-7-25-10-13/h3-7,9-12,28H,2,8H2,1H3,(H,26,27)/i5D,6D,8D2,9D,11D,12D. The van der Waals surface area contributed by atoms with Gasteiger partial charge in [-0.15, -0.1) is 0 Å². The molecule has 1 aromatic carbocycles. The number of carbonyl (C=O) groups is 1. The Morgan fingerprint density at radius 1 is 1.31 bits per heavy atom. The molecule has 164 valence electrons. The Morgan fingerprint density at radius 3 is 2.84 bits per heavy atom. The summed E-state index contributed by atoms with van der Waals surface area (Å²) in [6.07, 6.45) is 1.04. The molecule has 0 saturated heterocycles. The zero-order valence-corrected chi connectivity index (χ0v) is 17.1. The van der Waals surface area contributed by atoms with Crippen LogP contribution in [0.2, 0.25) is 0 Å². The Bertz CT molecular complexity index is 1770. The lowest BCUT2D eigenvalue weighted by Crippen LogP contribution is -2.18. The van der Waals surface area contributed by atoms with Crippen molar-refractivity contribution in [2.24, 2.45) is 0 Å². The van der Waals surface area contributed by atoms with Crippen LogP contribution in [0.3, 0.4) is 0 Å². The van der Waals surface area contributed by atoms with Crippen molar-refractivity contribution in [2.75, 3.05) is 10.4 Å². The van der Waals surface area contributed by atoms with E-state index in [0.717, 1.165) is 0 Å². The first-order valence-corrected chi connectivity index (χ1v) is 10.6. The number of ketones is 1. The van der Waals surface area contributed by atoms with Crippen LogP contribution in [0.25, 0.3) is 22.2 Å². The number of nitrogens with zero attached hydrogens (tertiary/aromatic N) is 2. The fourth-order valence-electron chi connectivity index (χ4n) is 2.86. The molecule has 32 heavy (non-hydrogen) atoms. The van der Waals surface area contributed by atoms with Crippen molar-refractivity contribution >= 4 is 32.5 Å². The van der Waals surface area contributed by atoms with Gasteiger partial charge in [0.1, 0.15) is 11.5 Å². The number of sulfonamides is 1. The molecule has 0 saturated carbocycles. The van der Waals surface area contributed by atoms with Gasteiger partial charge in [-0.1, -0.05) is 13.0 Å². The van der Waals surface area contributed by atoms with Crippen molar-refractivity contribution in [2.45, 2.75) is 13.3 Å². The van der Waals surface area contributed by atoms with Gasteiger partial charge in [0, 0.05) is 49.6 Å². The summed E-state index contributed by atoms with van der Waals surface area (Å²) in [6.45, 7) is 1.19. The minimum atomic E-state index is -5.03. The maximum Gasteiger partial charge on any atom is 0.232 e. The average molecular weight is 464 g/mol. The lowest BCUT2D eigenvalue weighted by molar-refractivity contribution is 0.103. The summed E-state index contributed by atoms with van der Waals surface area (Å²) in [5.74, 6) is -5.31. The smallest absolute Gasteiger partial charge is 0.232 e. The number of aromatic amines is 1. The van der Waals surface area contributed by atoms with Crippen molar-refractivity contribution < 1.29 is 31.6 Å². The van der Waals surface area contributed by atoms with E-state index in [9.17, 15) is 13.2 Å². The van der Waals surface area contributed by atoms with Gasteiger partial charge in [0.2, 0.25) is 15.8 Å². The number of nitrogens with one attached hydrogen (secondary N) is 2. The molecule has 3 heterocycles. The zero-order valence-electron chi connectivity index (χ0n) is 23.3. The number of benzene rings is 1. The van der Waals surface area contributed by atoms with E-state index in [4.69, 9.17) is 9.60 Å². The molecule has 0 amide bonds. The van der Waals surface area contributed by atoms with E-state index in [1.807, 2.05) is 0 Å². The van der Waals surface area contributed by atoms with Crippen LogP contribution in [-0.2, 0) is 10.0 Å². The van der Waals surface area contributed by atoms with Crippen LogP contribution in [0.15, 0.2) is 55.0 Å². The first-order valence-electron chi connectivity index (χ1n) is 12.6. The van der Waals surface area contributed by atoms with Crippen LogP contribution in [0, 0.1) is 11.6 Å². The highest BCUT2D eigenvalue weighted by atomic mass is 32.2. The monoisotopic (exact) mass is 463 g/mol. The van der Waals surface area contributed by atoms with E-state index in [-0.39, 0.29) is 22.2 Å². The number of hydrogen-bond acceptors (Lipinski definition) is 5. The average Bonchev–Trinajstić information content (AvgIpc) is 3.21. The van der Waals surface area contributed by atoms with Crippen LogP contribution in [-0.4, -0.2) is 34.9 Å². The molecule has 2 N–H and O–H groups in total. The second kappa shape index (κ2) is 8.46. The number of hydrogen-bond donors (Lipinski definition) is 2. The topological polar surface area (TPSA) is 105 Å². The van der Waals surface area contributed by atoms with Crippen LogP contribution < -0.4 is 4.72 Å². The molecular weight excluding hydrogens is 438 g/mol. The Balaban J connectivity index is 1.98. The molecule has 7 nitrogen and oxygen atoms in total. The van der Waals surface area contributed by atoms with Crippen LogP contribution in [0.5, 0.6) is 0 Å². The predicted octanol–water partition coefficient (Wildman–Crippen LogP) is 4.29. The van der Waals surface area contributed by atoms with Gasteiger partial charge in [-0.3, -0.25) is 14.5 Å². The molecule has 0 aliphatic carbocycles. The van der Waals surface area contributed by atoms with Gasteiger partial charge < -0.3 is 4.98 Å². The maximum absolute atomic E-state index is 15.6. The number of anilines is 1. The number of pyridine rings is 2. The van der Waals surface area contributed by atoms with Crippen LogP contribution in [0.1, 0.15) is 38.9 Å². The highest BCUT2D eigenvalue weighted by Crippen LogP contribution is 2.29. The van der Waals surface area contributed by atoms with Gasteiger partial charge in [-0.2, -0.15) is 0 Å². The highest BCUT2D eigenvalue weighted by Gasteiger charge is 2.26. The van der Waals surface area contributed by atoms with Crippen molar-refractivity contribution in [3.8, 4) is 11.1 Å². The zero-order chi connectivity index (χ0) is 29.0. The third-order valence-corrected chi connectivity index (χ3v) is 5.39. The molecule has 3 aromatic heterocycles. The summed E-state index contributed by atoms with van der Waals surface area (Å²) in [5.41, 5.74) is -6.64. The largest absolute Gasteiger partial charge is 0.345 e. The summed E-state index contributed by atoms with van der Waals surface area (Å²) in [7, 11) is -5.03. The van der Waals surface area contributed by atoms with E-state index in [0.29, 0.717) is 0 Å². The van der Waals surface area contributed by atoms with Gasteiger partial charge in [0.05, 0.1) is 23.8 Å². The third-order valence-electron chi connectivity index (χ3n) is 4.25. The van der Waals surface area contributed by atoms with E-state index in [1.54, 1.807) is 0 Å². The predicted molar refractivity (Wildman–Crippen MR) is 117 cm³/mol. The lowest BCUT2D eigenvalue weighted by Gasteiger charge is -2.11. The number of aromatic nitrogens is 3. The Labute approximate surface area is 192 Å². The van der Waals surface area contributed by atoms with Crippen LogP contribution in [0.4, 0.5) is 14.5 Å². The summed E-state index contributed by atoms with van der Waals surface area (Å²) < 4.78 is 113. The molecule has 0 atom stereocenters. The van der Waals surface area contributed by atoms with Crippen LogP contribution >= 0.6 is 0 Å². The maximum atomic E-state index is 15.6. The molecule has 10 heteroatoms. The van der Waals surface area contributed by atoms with E-state index in [1.165, 1.54) is 36.2 Å². The second-order valence-corrected chi connectivity index (χ2v) is 7.87. The fraction of sp³-hybridized carbons (Fsp3) is 0.136. The van der Waals surface area contributed by atoms with Gasteiger partial charge >= 0.3 is 0 Å². The van der Waals surface area contributed by atoms with Gasteiger partial charge in [0.25, 0.3) is 0 Å². The molecule has 0 radical (unpaired) electrons. The summed E-state index contributed by atoms with van der Waals surface area (Å²) in [6, 6.07) is -0.119.